The Labute approximate surface area is 158 Å². The molecule has 1 heterocycles. The maximum absolute atomic E-state index is 12.8. The van der Waals surface area contributed by atoms with Gasteiger partial charge in [-0.15, -0.1) is 0 Å². The largest absolute Gasteiger partial charge is 0.493 e. The van der Waals surface area contributed by atoms with Crippen LogP contribution in [0.1, 0.15) is 43.0 Å². The third-order valence-electron chi connectivity index (χ3n) is 5.59. The van der Waals surface area contributed by atoms with Crippen LogP contribution >= 0.6 is 0 Å². The van der Waals surface area contributed by atoms with E-state index < -0.39 is 11.4 Å². The lowest BCUT2D eigenvalue weighted by atomic mass is 9.66. The summed E-state index contributed by atoms with van der Waals surface area (Å²) >= 11 is 0. The first-order chi connectivity index (χ1) is 13.0. The van der Waals surface area contributed by atoms with Crippen molar-refractivity contribution in [2.75, 3.05) is 32.8 Å². The molecule has 3 rings (SSSR count). The molecule has 1 aromatic rings. The van der Waals surface area contributed by atoms with E-state index >= 15 is 0 Å². The minimum absolute atomic E-state index is 0.0590. The van der Waals surface area contributed by atoms with Gasteiger partial charge in [-0.25, -0.2) is 0 Å². The Hall–Kier alpha value is -2.57. The molecule has 0 bridgehead atoms. The molecule has 0 spiro atoms. The standard InChI is InChI=1S/C20H26N2O5/c1-2-27-16-7-4-3-6-15(16)18(24)22-12-10-21(11-13-22)17(23)14-20(19(25)26)8-5-9-20/h3-4,6-7H,2,5,8-14H2,1H3,(H,25,26). The molecule has 2 amide bonds. The number of carboxylic acids is 1. The van der Waals surface area contributed by atoms with Crippen LogP contribution in [0.2, 0.25) is 0 Å². The molecule has 0 radical (unpaired) electrons. The molecule has 1 saturated carbocycles. The van der Waals surface area contributed by atoms with Crippen molar-refractivity contribution in [3.05, 3.63) is 29.8 Å². The maximum atomic E-state index is 12.8. The highest BCUT2D eigenvalue weighted by Crippen LogP contribution is 2.44. The number of benzene rings is 1. The van der Waals surface area contributed by atoms with E-state index in [-0.39, 0.29) is 18.2 Å². The maximum Gasteiger partial charge on any atom is 0.310 e. The van der Waals surface area contributed by atoms with Crippen LogP contribution in [0.5, 0.6) is 5.75 Å². The zero-order chi connectivity index (χ0) is 19.4. The van der Waals surface area contributed by atoms with Gasteiger partial charge in [-0.3, -0.25) is 14.4 Å². The molecule has 1 aliphatic carbocycles. The summed E-state index contributed by atoms with van der Waals surface area (Å²) in [6.45, 7) is 4.08. The van der Waals surface area contributed by atoms with Crippen LogP contribution < -0.4 is 4.74 Å². The quantitative estimate of drug-likeness (QED) is 0.823. The fourth-order valence-corrected chi connectivity index (χ4v) is 3.73. The Morgan fingerprint density at radius 2 is 1.70 bits per heavy atom. The molecule has 1 aliphatic heterocycles. The minimum atomic E-state index is -0.875. The number of ether oxygens (including phenoxy) is 1. The van der Waals surface area contributed by atoms with E-state index in [1.54, 1.807) is 28.0 Å². The van der Waals surface area contributed by atoms with E-state index in [2.05, 4.69) is 0 Å². The zero-order valence-electron chi connectivity index (χ0n) is 15.6. The molecule has 0 unspecified atom stereocenters. The Bertz CT molecular complexity index is 721. The summed E-state index contributed by atoms with van der Waals surface area (Å²) in [4.78, 5) is 40.2. The van der Waals surface area contributed by atoms with E-state index in [1.165, 1.54) is 0 Å². The summed E-state index contributed by atoms with van der Waals surface area (Å²) in [5.41, 5.74) is -0.348. The number of carboxylic acid groups (broad SMARTS) is 1. The average Bonchev–Trinajstić information content (AvgIpc) is 2.64. The van der Waals surface area contributed by atoms with Crippen molar-refractivity contribution in [3.63, 3.8) is 0 Å². The number of carbonyl (C=O) groups excluding carboxylic acids is 2. The number of nitrogens with zero attached hydrogens (tertiary/aromatic N) is 2. The smallest absolute Gasteiger partial charge is 0.310 e. The van der Waals surface area contributed by atoms with Crippen LogP contribution in [0.25, 0.3) is 0 Å². The van der Waals surface area contributed by atoms with E-state index in [4.69, 9.17) is 4.74 Å². The Kier molecular flexibility index (Phi) is 5.68. The van der Waals surface area contributed by atoms with Crippen LogP contribution in [-0.4, -0.2) is 65.5 Å². The fraction of sp³-hybridized carbons (Fsp3) is 0.550. The van der Waals surface area contributed by atoms with Gasteiger partial charge in [-0.1, -0.05) is 18.6 Å². The SMILES string of the molecule is CCOc1ccccc1C(=O)N1CCN(C(=O)CC2(C(=O)O)CCC2)CC1. The Balaban J connectivity index is 1.58. The molecule has 0 aromatic heterocycles. The first-order valence-corrected chi connectivity index (χ1v) is 9.49. The van der Waals surface area contributed by atoms with Crippen molar-refractivity contribution in [1.82, 2.24) is 9.80 Å². The zero-order valence-corrected chi connectivity index (χ0v) is 15.6. The van der Waals surface area contributed by atoms with E-state index in [0.29, 0.717) is 56.9 Å². The molecule has 1 aromatic carbocycles. The molecular formula is C20H26N2O5. The number of piperazine rings is 1. The van der Waals surface area contributed by atoms with Crippen LogP contribution in [0.3, 0.4) is 0 Å². The molecule has 27 heavy (non-hydrogen) atoms. The Morgan fingerprint density at radius 3 is 2.26 bits per heavy atom. The predicted octanol–water partition coefficient (Wildman–Crippen LogP) is 2.01. The second-order valence-electron chi connectivity index (χ2n) is 7.22. The summed E-state index contributed by atoms with van der Waals surface area (Å²) in [5, 5.41) is 9.41. The topological polar surface area (TPSA) is 87.2 Å². The molecule has 1 N–H and O–H groups in total. The van der Waals surface area contributed by atoms with Crippen LogP contribution in [-0.2, 0) is 9.59 Å². The lowest BCUT2D eigenvalue weighted by Gasteiger charge is -2.40. The van der Waals surface area contributed by atoms with Crippen molar-refractivity contribution >= 4 is 17.8 Å². The van der Waals surface area contributed by atoms with Crippen molar-refractivity contribution in [3.8, 4) is 5.75 Å². The van der Waals surface area contributed by atoms with E-state index in [0.717, 1.165) is 6.42 Å². The monoisotopic (exact) mass is 374 g/mol. The highest BCUT2D eigenvalue weighted by Gasteiger charge is 2.46. The van der Waals surface area contributed by atoms with Gasteiger partial charge >= 0.3 is 5.97 Å². The van der Waals surface area contributed by atoms with Gasteiger partial charge in [0, 0.05) is 32.6 Å². The second kappa shape index (κ2) is 7.98. The van der Waals surface area contributed by atoms with E-state index in [1.807, 2.05) is 13.0 Å². The van der Waals surface area contributed by atoms with Crippen molar-refractivity contribution in [2.24, 2.45) is 5.41 Å². The lowest BCUT2D eigenvalue weighted by Crippen LogP contribution is -2.52. The molecule has 7 heteroatoms. The highest BCUT2D eigenvalue weighted by molar-refractivity contribution is 5.97. The highest BCUT2D eigenvalue weighted by atomic mass is 16.5. The molecule has 2 fully saturated rings. The van der Waals surface area contributed by atoms with Crippen LogP contribution in [0, 0.1) is 5.41 Å². The van der Waals surface area contributed by atoms with Gasteiger partial charge < -0.3 is 19.6 Å². The summed E-state index contributed by atoms with van der Waals surface area (Å²) in [6.07, 6.45) is 2.06. The van der Waals surface area contributed by atoms with Gasteiger partial charge in [0.25, 0.3) is 5.91 Å². The number of hydrogen-bond acceptors (Lipinski definition) is 4. The summed E-state index contributed by atoms with van der Waals surface area (Å²) in [7, 11) is 0. The number of aliphatic carboxylic acids is 1. The third-order valence-corrected chi connectivity index (χ3v) is 5.59. The van der Waals surface area contributed by atoms with Crippen molar-refractivity contribution < 1.29 is 24.2 Å². The second-order valence-corrected chi connectivity index (χ2v) is 7.22. The van der Waals surface area contributed by atoms with Crippen LogP contribution in [0.4, 0.5) is 0 Å². The Morgan fingerprint density at radius 1 is 1.07 bits per heavy atom. The molecule has 1 saturated heterocycles. The average molecular weight is 374 g/mol. The molecule has 0 atom stereocenters. The van der Waals surface area contributed by atoms with Gasteiger partial charge in [-0.2, -0.15) is 0 Å². The normalized spacial score (nSPS) is 18.6. The number of hydrogen-bond donors (Lipinski definition) is 1. The summed E-state index contributed by atoms with van der Waals surface area (Å²) in [5.74, 6) is -0.536. The third kappa shape index (κ3) is 3.91. The molecule has 2 aliphatic rings. The van der Waals surface area contributed by atoms with Crippen molar-refractivity contribution in [2.45, 2.75) is 32.6 Å². The van der Waals surface area contributed by atoms with Gasteiger partial charge in [0.05, 0.1) is 17.6 Å². The predicted molar refractivity (Wildman–Crippen MR) is 98.6 cm³/mol. The number of amides is 2. The van der Waals surface area contributed by atoms with Gasteiger partial charge in [-0.05, 0) is 31.9 Å². The first-order valence-electron chi connectivity index (χ1n) is 9.49. The van der Waals surface area contributed by atoms with Gasteiger partial charge in [0.15, 0.2) is 0 Å². The fourth-order valence-electron chi connectivity index (χ4n) is 3.73. The summed E-state index contributed by atoms with van der Waals surface area (Å²) in [6, 6.07) is 7.16. The number of para-hydroxylation sites is 1. The van der Waals surface area contributed by atoms with Gasteiger partial charge in [0.2, 0.25) is 5.91 Å². The minimum Gasteiger partial charge on any atom is -0.493 e. The summed E-state index contributed by atoms with van der Waals surface area (Å²) < 4.78 is 5.54. The van der Waals surface area contributed by atoms with Gasteiger partial charge in [0.1, 0.15) is 5.75 Å². The lowest BCUT2D eigenvalue weighted by molar-refractivity contribution is -0.159. The first kappa shape index (κ1) is 19.2. The van der Waals surface area contributed by atoms with Crippen LogP contribution in [0.15, 0.2) is 24.3 Å². The molecular weight excluding hydrogens is 348 g/mol. The molecule has 7 nitrogen and oxygen atoms in total. The molecule has 146 valence electrons. The van der Waals surface area contributed by atoms with E-state index in [9.17, 15) is 19.5 Å². The number of rotatable bonds is 6. The number of carbonyl (C=O) groups is 3. The van der Waals surface area contributed by atoms with Crippen molar-refractivity contribution in [1.29, 1.82) is 0 Å².